The monoisotopic (exact) mass is 401 g/mol. The van der Waals surface area contributed by atoms with Gasteiger partial charge >= 0.3 is 6.18 Å². The molecule has 0 bridgehead atoms. The molecule has 1 fully saturated rings. The van der Waals surface area contributed by atoms with Crippen LogP contribution in [-0.4, -0.2) is 56.0 Å². The Kier molecular flexibility index (Phi) is 5.53. The molecule has 2 aromatic rings. The van der Waals surface area contributed by atoms with Crippen molar-refractivity contribution in [1.82, 2.24) is 14.7 Å². The number of halogens is 4. The number of piperidine rings is 1. The highest BCUT2D eigenvalue weighted by Crippen LogP contribution is 2.38. The summed E-state index contributed by atoms with van der Waals surface area (Å²) in [5, 5.41) is 24.3. The molecule has 5 nitrogen and oxygen atoms in total. The molecule has 1 aliphatic rings. The van der Waals surface area contributed by atoms with Gasteiger partial charge in [-0.1, -0.05) is 6.92 Å². The smallest absolute Gasteiger partial charge is 0.378 e. The molecule has 0 aliphatic carbocycles. The first-order valence-corrected chi connectivity index (χ1v) is 9.03. The average molecular weight is 401 g/mol. The van der Waals surface area contributed by atoms with E-state index in [1.165, 1.54) is 17.0 Å². The summed E-state index contributed by atoms with van der Waals surface area (Å²) in [5.74, 6) is -0.421. The first kappa shape index (κ1) is 20.8. The summed E-state index contributed by atoms with van der Waals surface area (Å²) in [6.07, 6.45) is -4.72. The van der Waals surface area contributed by atoms with Crippen LogP contribution in [0.2, 0.25) is 0 Å². The fraction of sp³-hybridized carbons (Fsp3) is 0.526. The molecule has 9 heteroatoms. The van der Waals surface area contributed by atoms with Crippen molar-refractivity contribution in [3.63, 3.8) is 0 Å². The van der Waals surface area contributed by atoms with Crippen LogP contribution in [-0.2, 0) is 0 Å². The summed E-state index contributed by atoms with van der Waals surface area (Å²) >= 11 is 0. The van der Waals surface area contributed by atoms with E-state index in [-0.39, 0.29) is 30.7 Å². The van der Waals surface area contributed by atoms with Crippen LogP contribution in [0.4, 0.5) is 17.6 Å². The molecule has 3 rings (SSSR count). The molecule has 0 amide bonds. The van der Waals surface area contributed by atoms with Gasteiger partial charge in [0.2, 0.25) is 0 Å². The summed E-state index contributed by atoms with van der Waals surface area (Å²) in [7, 11) is 0. The minimum atomic E-state index is -4.93. The molecule has 4 atom stereocenters. The molecular weight excluding hydrogens is 378 g/mol. The van der Waals surface area contributed by atoms with Crippen molar-refractivity contribution in [2.24, 2.45) is 5.92 Å². The Balaban J connectivity index is 1.70. The summed E-state index contributed by atoms with van der Waals surface area (Å²) in [6.45, 7) is 2.86. The second-order valence-corrected chi connectivity index (χ2v) is 7.55. The normalized spacial score (nSPS) is 24.7. The molecule has 2 N–H and O–H groups in total. The second-order valence-electron chi connectivity index (χ2n) is 7.55. The van der Waals surface area contributed by atoms with Crippen molar-refractivity contribution in [3.8, 4) is 5.69 Å². The molecule has 28 heavy (non-hydrogen) atoms. The van der Waals surface area contributed by atoms with Gasteiger partial charge in [0, 0.05) is 25.2 Å². The molecular formula is C19H23F4N3O2. The lowest BCUT2D eigenvalue weighted by molar-refractivity contribution is -0.306. The number of aliphatic hydroxyl groups is 2. The standard InChI is InChI=1S/C19H23F4N3O2/c1-12-11-25(17(27)18(2,28)19(21,22)23)9-7-15(12)16-8-10-26(24-16)14-5-3-13(20)4-6-14/h3-6,8,10,12,15,17,27-28H,7,9,11H2,1-2H3/t12-,15?,17?,18-/m1/s1. The molecule has 1 aromatic heterocycles. The Bertz CT molecular complexity index is 804. The molecule has 2 unspecified atom stereocenters. The molecule has 1 aromatic carbocycles. The van der Waals surface area contributed by atoms with Gasteiger partial charge in [0.25, 0.3) is 0 Å². The van der Waals surface area contributed by atoms with Gasteiger partial charge in [-0.25, -0.2) is 9.07 Å². The molecule has 0 saturated carbocycles. The highest BCUT2D eigenvalue weighted by atomic mass is 19.4. The number of benzene rings is 1. The third-order valence-electron chi connectivity index (χ3n) is 5.44. The number of alkyl halides is 3. The predicted octanol–water partition coefficient (Wildman–Crippen LogP) is 3.07. The van der Waals surface area contributed by atoms with E-state index in [9.17, 15) is 27.8 Å². The van der Waals surface area contributed by atoms with Crippen LogP contribution in [0.25, 0.3) is 5.69 Å². The van der Waals surface area contributed by atoms with Crippen LogP contribution < -0.4 is 0 Å². The van der Waals surface area contributed by atoms with Gasteiger partial charge in [-0.2, -0.15) is 18.3 Å². The lowest BCUT2D eigenvalue weighted by atomic mass is 9.83. The van der Waals surface area contributed by atoms with Gasteiger partial charge < -0.3 is 10.2 Å². The maximum absolute atomic E-state index is 13.1. The fourth-order valence-electron chi connectivity index (χ4n) is 3.61. The molecule has 1 aliphatic heterocycles. The van der Waals surface area contributed by atoms with E-state index in [2.05, 4.69) is 5.10 Å². The predicted molar refractivity (Wildman–Crippen MR) is 94.3 cm³/mol. The van der Waals surface area contributed by atoms with Gasteiger partial charge in [0.15, 0.2) is 5.60 Å². The number of rotatable bonds is 4. The van der Waals surface area contributed by atoms with E-state index < -0.39 is 18.0 Å². The van der Waals surface area contributed by atoms with Crippen LogP contribution in [0, 0.1) is 11.7 Å². The van der Waals surface area contributed by atoms with Crippen molar-refractivity contribution >= 4 is 0 Å². The molecule has 0 spiro atoms. The highest BCUT2D eigenvalue weighted by molar-refractivity contribution is 5.31. The molecule has 2 heterocycles. The first-order chi connectivity index (χ1) is 13.0. The minimum absolute atomic E-state index is 0.000911. The Hall–Kier alpha value is -1.97. The van der Waals surface area contributed by atoms with Crippen LogP contribution in [0.3, 0.4) is 0 Å². The van der Waals surface area contributed by atoms with E-state index in [1.807, 2.05) is 13.0 Å². The summed E-state index contributed by atoms with van der Waals surface area (Å²) in [4.78, 5) is 1.26. The molecule has 1 saturated heterocycles. The lowest BCUT2D eigenvalue weighted by Crippen LogP contribution is -2.61. The van der Waals surface area contributed by atoms with Gasteiger partial charge in [-0.3, -0.25) is 4.90 Å². The first-order valence-electron chi connectivity index (χ1n) is 9.03. The Morgan fingerprint density at radius 1 is 1.18 bits per heavy atom. The van der Waals surface area contributed by atoms with E-state index in [4.69, 9.17) is 0 Å². The van der Waals surface area contributed by atoms with Crippen LogP contribution in [0.15, 0.2) is 36.5 Å². The molecule has 0 radical (unpaired) electrons. The molecule has 154 valence electrons. The van der Waals surface area contributed by atoms with E-state index in [0.717, 1.165) is 5.69 Å². The average Bonchev–Trinajstić information content (AvgIpc) is 3.10. The number of aliphatic hydroxyl groups excluding tert-OH is 1. The van der Waals surface area contributed by atoms with Crippen molar-refractivity contribution in [2.45, 2.75) is 44.2 Å². The van der Waals surface area contributed by atoms with Crippen molar-refractivity contribution in [2.75, 3.05) is 13.1 Å². The summed E-state index contributed by atoms with van der Waals surface area (Å²) < 4.78 is 53.7. The van der Waals surface area contributed by atoms with Gasteiger partial charge in [0.1, 0.15) is 12.0 Å². The zero-order valence-corrected chi connectivity index (χ0v) is 15.6. The minimum Gasteiger partial charge on any atom is -0.378 e. The Labute approximate surface area is 160 Å². The van der Waals surface area contributed by atoms with Crippen LogP contribution in [0.5, 0.6) is 0 Å². The third kappa shape index (κ3) is 3.92. The zero-order valence-electron chi connectivity index (χ0n) is 15.6. The lowest BCUT2D eigenvalue weighted by Gasteiger charge is -2.43. The quantitative estimate of drug-likeness (QED) is 0.773. The van der Waals surface area contributed by atoms with Crippen molar-refractivity contribution in [3.05, 3.63) is 48.0 Å². The van der Waals surface area contributed by atoms with E-state index in [0.29, 0.717) is 19.0 Å². The van der Waals surface area contributed by atoms with Crippen molar-refractivity contribution < 1.29 is 27.8 Å². The maximum atomic E-state index is 13.1. The van der Waals surface area contributed by atoms with E-state index in [1.54, 1.807) is 23.0 Å². The number of hydrogen-bond donors (Lipinski definition) is 2. The Morgan fingerprint density at radius 3 is 2.39 bits per heavy atom. The fourth-order valence-corrected chi connectivity index (χ4v) is 3.61. The number of hydrogen-bond acceptors (Lipinski definition) is 4. The highest BCUT2D eigenvalue weighted by Gasteiger charge is 2.57. The number of aromatic nitrogens is 2. The van der Waals surface area contributed by atoms with Gasteiger partial charge in [0.05, 0.1) is 11.4 Å². The zero-order chi connectivity index (χ0) is 20.7. The number of likely N-dealkylation sites (tertiary alicyclic amines) is 1. The van der Waals surface area contributed by atoms with Gasteiger partial charge in [-0.15, -0.1) is 0 Å². The SMILES string of the molecule is C[C@@H]1CN(C(O)[C@@](C)(O)C(F)(F)F)CCC1c1ccn(-c2ccc(F)cc2)n1. The topological polar surface area (TPSA) is 61.5 Å². The summed E-state index contributed by atoms with van der Waals surface area (Å²) in [6, 6.07) is 7.72. The van der Waals surface area contributed by atoms with Crippen LogP contribution in [0.1, 0.15) is 31.9 Å². The van der Waals surface area contributed by atoms with Crippen LogP contribution >= 0.6 is 0 Å². The second kappa shape index (κ2) is 7.46. The maximum Gasteiger partial charge on any atom is 0.420 e. The van der Waals surface area contributed by atoms with Gasteiger partial charge in [-0.05, 0) is 49.6 Å². The summed E-state index contributed by atoms with van der Waals surface area (Å²) in [5.41, 5.74) is -1.72. The number of nitrogens with zero attached hydrogens (tertiary/aromatic N) is 3. The van der Waals surface area contributed by atoms with E-state index >= 15 is 0 Å². The largest absolute Gasteiger partial charge is 0.420 e. The third-order valence-corrected chi connectivity index (χ3v) is 5.44. The Morgan fingerprint density at radius 2 is 1.82 bits per heavy atom. The van der Waals surface area contributed by atoms with Crippen molar-refractivity contribution in [1.29, 1.82) is 0 Å².